The van der Waals surface area contributed by atoms with E-state index in [-0.39, 0.29) is 30.0 Å². The van der Waals surface area contributed by atoms with Crippen LogP contribution in [-0.2, 0) is 0 Å². The number of carbonyl (C=O) groups excluding carboxylic acids is 1. The molecule has 6 nitrogen and oxygen atoms in total. The van der Waals surface area contributed by atoms with Gasteiger partial charge in [-0.15, -0.1) is 12.4 Å². The number of nitrogens with zero attached hydrogens (tertiary/aromatic N) is 2. The summed E-state index contributed by atoms with van der Waals surface area (Å²) in [5.74, 6) is -0.141. The number of rotatable bonds is 3. The molecule has 0 saturated carbocycles. The normalized spacial score (nSPS) is 15.1. The number of hydrogen-bond acceptors (Lipinski definition) is 4. The van der Waals surface area contributed by atoms with Crippen LogP contribution in [0.3, 0.4) is 0 Å². The molecule has 1 N–H and O–H groups in total. The number of carbonyl (C=O) groups is 1. The van der Waals surface area contributed by atoms with Gasteiger partial charge in [-0.25, -0.2) is 0 Å². The van der Waals surface area contributed by atoms with Crippen LogP contribution in [0.15, 0.2) is 18.2 Å². The highest BCUT2D eigenvalue weighted by Gasteiger charge is 2.25. The molecule has 1 fully saturated rings. The Labute approximate surface area is 130 Å². The minimum atomic E-state index is -0.448. The van der Waals surface area contributed by atoms with E-state index in [1.807, 2.05) is 0 Å². The third kappa shape index (κ3) is 3.71. The highest BCUT2D eigenvalue weighted by Crippen LogP contribution is 2.23. The predicted molar refractivity (Wildman–Crippen MR) is 83.1 cm³/mol. The summed E-state index contributed by atoms with van der Waals surface area (Å²) in [6.07, 6.45) is 1.83. The summed E-state index contributed by atoms with van der Waals surface area (Å²) in [6.45, 7) is 3.42. The van der Waals surface area contributed by atoms with Gasteiger partial charge < -0.3 is 10.2 Å². The maximum atomic E-state index is 12.5. The number of nitro groups is 1. The van der Waals surface area contributed by atoms with Crippen LogP contribution in [-0.4, -0.2) is 41.9 Å². The molecule has 2 rings (SSSR count). The van der Waals surface area contributed by atoms with Crippen LogP contribution in [0, 0.1) is 17.0 Å². The molecule has 0 aromatic heterocycles. The van der Waals surface area contributed by atoms with E-state index in [9.17, 15) is 14.9 Å². The molecule has 0 bridgehead atoms. The largest absolute Gasteiger partial charge is 0.339 e. The average molecular weight is 314 g/mol. The van der Waals surface area contributed by atoms with Gasteiger partial charge in [-0.3, -0.25) is 14.9 Å². The lowest BCUT2D eigenvalue weighted by molar-refractivity contribution is -0.385. The molecule has 0 aliphatic carbocycles. The molecule has 7 heteroatoms. The maximum absolute atomic E-state index is 12.5. The van der Waals surface area contributed by atoms with Crippen molar-refractivity contribution < 1.29 is 9.72 Å². The number of nitrogens with one attached hydrogen (secondary N) is 1. The number of halogens is 1. The second-order valence-electron chi connectivity index (χ2n) is 5.10. The van der Waals surface area contributed by atoms with Crippen molar-refractivity contribution in [3.63, 3.8) is 0 Å². The van der Waals surface area contributed by atoms with Crippen LogP contribution in [0.5, 0.6) is 0 Å². The highest BCUT2D eigenvalue weighted by molar-refractivity contribution is 5.96. The predicted octanol–water partition coefficient (Wildman–Crippen LogP) is 2.15. The van der Waals surface area contributed by atoms with Crippen LogP contribution >= 0.6 is 12.4 Å². The monoisotopic (exact) mass is 313 g/mol. The smallest absolute Gasteiger partial charge is 0.273 e. The summed E-state index contributed by atoms with van der Waals surface area (Å²) in [5, 5.41) is 14.2. The molecule has 1 amide bonds. The molecule has 21 heavy (non-hydrogen) atoms. The summed E-state index contributed by atoms with van der Waals surface area (Å²) in [4.78, 5) is 24.7. The third-order valence-corrected chi connectivity index (χ3v) is 3.91. The van der Waals surface area contributed by atoms with Gasteiger partial charge in [-0.05, 0) is 38.9 Å². The van der Waals surface area contributed by atoms with Crippen molar-refractivity contribution in [3.8, 4) is 0 Å². The maximum Gasteiger partial charge on any atom is 0.273 e. The van der Waals surface area contributed by atoms with Gasteiger partial charge in [0.2, 0.25) is 0 Å². The zero-order valence-electron chi connectivity index (χ0n) is 12.2. The van der Waals surface area contributed by atoms with Crippen molar-refractivity contribution in [2.75, 3.05) is 20.1 Å². The van der Waals surface area contributed by atoms with Crippen LogP contribution in [0.2, 0.25) is 0 Å². The molecule has 1 aromatic rings. The van der Waals surface area contributed by atoms with Gasteiger partial charge in [0, 0.05) is 30.3 Å². The highest BCUT2D eigenvalue weighted by atomic mass is 35.5. The Morgan fingerprint density at radius 2 is 2.00 bits per heavy atom. The fourth-order valence-corrected chi connectivity index (χ4v) is 2.60. The van der Waals surface area contributed by atoms with Crippen molar-refractivity contribution in [1.82, 2.24) is 10.2 Å². The summed E-state index contributed by atoms with van der Waals surface area (Å²) < 4.78 is 0. The van der Waals surface area contributed by atoms with E-state index >= 15 is 0 Å². The zero-order valence-corrected chi connectivity index (χ0v) is 13.0. The van der Waals surface area contributed by atoms with Gasteiger partial charge in [0.15, 0.2) is 0 Å². The summed E-state index contributed by atoms with van der Waals surface area (Å²) >= 11 is 0. The second kappa shape index (κ2) is 7.38. The first-order valence-corrected chi connectivity index (χ1v) is 6.74. The van der Waals surface area contributed by atoms with Crippen molar-refractivity contribution >= 4 is 24.0 Å². The molecule has 1 saturated heterocycles. The van der Waals surface area contributed by atoms with Crippen LogP contribution < -0.4 is 5.32 Å². The summed E-state index contributed by atoms with van der Waals surface area (Å²) in [5.41, 5.74) is 0.845. The molecule has 0 atom stereocenters. The van der Waals surface area contributed by atoms with E-state index in [2.05, 4.69) is 5.32 Å². The van der Waals surface area contributed by atoms with E-state index in [1.54, 1.807) is 31.0 Å². The molecule has 1 aliphatic heterocycles. The minimum Gasteiger partial charge on any atom is -0.339 e. The molecule has 1 aliphatic rings. The number of piperidine rings is 1. The fraction of sp³-hybridized carbons (Fsp3) is 0.500. The lowest BCUT2D eigenvalue weighted by atomic mass is 10.0. The molecule has 0 spiro atoms. The Kier molecular flexibility index (Phi) is 6.11. The van der Waals surface area contributed by atoms with Crippen LogP contribution in [0.4, 0.5) is 5.69 Å². The number of hydrogen-bond donors (Lipinski definition) is 1. The molecule has 116 valence electrons. The zero-order chi connectivity index (χ0) is 14.7. The van der Waals surface area contributed by atoms with Crippen molar-refractivity contribution in [1.29, 1.82) is 0 Å². The van der Waals surface area contributed by atoms with Gasteiger partial charge >= 0.3 is 0 Å². The molecular weight excluding hydrogens is 294 g/mol. The number of amides is 1. The van der Waals surface area contributed by atoms with Crippen LogP contribution in [0.25, 0.3) is 0 Å². The first-order chi connectivity index (χ1) is 9.52. The van der Waals surface area contributed by atoms with E-state index in [1.165, 1.54) is 6.07 Å². The van der Waals surface area contributed by atoms with Crippen molar-refractivity contribution in [3.05, 3.63) is 39.4 Å². The molecular formula is C14H20ClN3O3. The molecule has 0 radical (unpaired) electrons. The fourth-order valence-electron chi connectivity index (χ4n) is 2.60. The Hall–Kier alpha value is -1.66. The molecule has 1 aromatic carbocycles. The standard InChI is InChI=1S/C14H19N3O3.ClH/c1-10-12(4-3-5-13(10)17(19)20)14(18)16(2)11-6-8-15-9-7-11;/h3-5,11,15H,6-9H2,1-2H3;1H. The Bertz CT molecular complexity index is 530. The van der Waals surface area contributed by atoms with E-state index < -0.39 is 4.92 Å². The average Bonchev–Trinajstić information content (AvgIpc) is 2.46. The Morgan fingerprint density at radius 3 is 2.57 bits per heavy atom. The molecule has 0 unspecified atom stereocenters. The quantitative estimate of drug-likeness (QED) is 0.685. The first-order valence-electron chi connectivity index (χ1n) is 6.74. The van der Waals surface area contributed by atoms with Crippen LogP contribution in [0.1, 0.15) is 28.8 Å². The van der Waals surface area contributed by atoms with Crippen molar-refractivity contribution in [2.24, 2.45) is 0 Å². The Balaban J connectivity index is 0.00000220. The summed E-state index contributed by atoms with van der Waals surface area (Å²) in [6, 6.07) is 4.84. The second-order valence-corrected chi connectivity index (χ2v) is 5.10. The number of nitro benzene ring substituents is 1. The lowest BCUT2D eigenvalue weighted by Crippen LogP contribution is -2.44. The van der Waals surface area contributed by atoms with Gasteiger partial charge in [0.1, 0.15) is 0 Å². The SMILES string of the molecule is Cc1c(C(=O)N(C)C2CCNCC2)cccc1[N+](=O)[O-].Cl. The lowest BCUT2D eigenvalue weighted by Gasteiger charge is -2.32. The topological polar surface area (TPSA) is 75.5 Å². The first kappa shape index (κ1) is 17.4. The Morgan fingerprint density at radius 1 is 1.38 bits per heavy atom. The van der Waals surface area contributed by atoms with Gasteiger partial charge in [-0.2, -0.15) is 0 Å². The van der Waals surface area contributed by atoms with Crippen molar-refractivity contribution in [2.45, 2.75) is 25.8 Å². The van der Waals surface area contributed by atoms with Gasteiger partial charge in [-0.1, -0.05) is 6.07 Å². The molecule has 1 heterocycles. The minimum absolute atomic E-state index is 0. The van der Waals surface area contributed by atoms with E-state index in [0.29, 0.717) is 11.1 Å². The number of benzene rings is 1. The third-order valence-electron chi connectivity index (χ3n) is 3.91. The summed E-state index contributed by atoms with van der Waals surface area (Å²) in [7, 11) is 1.77. The van der Waals surface area contributed by atoms with E-state index in [0.717, 1.165) is 25.9 Å². The van der Waals surface area contributed by atoms with Gasteiger partial charge in [0.25, 0.3) is 11.6 Å². The van der Waals surface area contributed by atoms with E-state index in [4.69, 9.17) is 0 Å². The van der Waals surface area contributed by atoms with Gasteiger partial charge in [0.05, 0.1) is 4.92 Å².